The SMILES string of the molecule is CCOC(=O)[C@@H]1C(=O)N(Cc2ccccc2)c2nc3ccccc3n2[C@H]1c1cccnc1. The van der Waals surface area contributed by atoms with Gasteiger partial charge < -0.3 is 9.30 Å². The van der Waals surface area contributed by atoms with Crippen LogP contribution >= 0.6 is 0 Å². The number of hydrogen-bond acceptors (Lipinski definition) is 5. The van der Waals surface area contributed by atoms with Crippen molar-refractivity contribution in [2.75, 3.05) is 11.5 Å². The molecule has 0 aliphatic carbocycles. The summed E-state index contributed by atoms with van der Waals surface area (Å²) >= 11 is 0. The first kappa shape index (κ1) is 19.9. The fourth-order valence-electron chi connectivity index (χ4n) is 4.32. The third-order valence-corrected chi connectivity index (χ3v) is 5.69. The van der Waals surface area contributed by atoms with Crippen LogP contribution < -0.4 is 4.90 Å². The zero-order valence-electron chi connectivity index (χ0n) is 17.6. The third-order valence-electron chi connectivity index (χ3n) is 5.69. The van der Waals surface area contributed by atoms with Gasteiger partial charge in [-0.3, -0.25) is 19.5 Å². The number of carbonyl (C=O) groups excluding carboxylic acids is 2. The molecule has 0 fully saturated rings. The molecular formula is C25H22N4O3. The highest BCUT2D eigenvalue weighted by Crippen LogP contribution is 2.41. The number of amides is 1. The van der Waals surface area contributed by atoms with Crippen molar-refractivity contribution in [1.82, 2.24) is 14.5 Å². The van der Waals surface area contributed by atoms with Crippen LogP contribution in [0.4, 0.5) is 5.95 Å². The molecule has 160 valence electrons. The number of benzene rings is 2. The van der Waals surface area contributed by atoms with E-state index in [2.05, 4.69) is 4.98 Å². The average molecular weight is 426 g/mol. The summed E-state index contributed by atoms with van der Waals surface area (Å²) in [6, 6.07) is 20.4. The number of nitrogens with zero attached hydrogens (tertiary/aromatic N) is 4. The van der Waals surface area contributed by atoms with Gasteiger partial charge in [0.05, 0.1) is 30.2 Å². The number of rotatable bonds is 5. The van der Waals surface area contributed by atoms with Gasteiger partial charge in [-0.25, -0.2) is 4.98 Å². The van der Waals surface area contributed by atoms with E-state index in [0.29, 0.717) is 12.5 Å². The molecule has 3 heterocycles. The maximum atomic E-state index is 13.8. The van der Waals surface area contributed by atoms with E-state index in [-0.39, 0.29) is 12.5 Å². The van der Waals surface area contributed by atoms with Crippen molar-refractivity contribution in [1.29, 1.82) is 0 Å². The van der Waals surface area contributed by atoms with Crippen molar-refractivity contribution < 1.29 is 14.3 Å². The molecule has 1 amide bonds. The summed E-state index contributed by atoms with van der Waals surface area (Å²) in [6.07, 6.45) is 3.36. The Morgan fingerprint density at radius 2 is 1.81 bits per heavy atom. The molecule has 2 atom stereocenters. The summed E-state index contributed by atoms with van der Waals surface area (Å²) in [5.74, 6) is -1.42. The molecule has 1 aliphatic rings. The predicted octanol–water partition coefficient (Wildman–Crippen LogP) is 3.75. The molecule has 0 unspecified atom stereocenters. The number of carbonyl (C=O) groups is 2. The molecule has 2 aromatic carbocycles. The molecule has 0 saturated heterocycles. The van der Waals surface area contributed by atoms with Gasteiger partial charge in [0.25, 0.3) is 0 Å². The molecule has 7 nitrogen and oxygen atoms in total. The van der Waals surface area contributed by atoms with Gasteiger partial charge in [-0.1, -0.05) is 48.5 Å². The molecular weight excluding hydrogens is 404 g/mol. The Balaban J connectivity index is 1.75. The highest BCUT2D eigenvalue weighted by molar-refractivity contribution is 6.08. The molecule has 0 saturated carbocycles. The first-order chi connectivity index (χ1) is 15.7. The monoisotopic (exact) mass is 426 g/mol. The Morgan fingerprint density at radius 3 is 2.56 bits per heavy atom. The fourth-order valence-corrected chi connectivity index (χ4v) is 4.32. The van der Waals surface area contributed by atoms with Gasteiger partial charge in [-0.15, -0.1) is 0 Å². The Morgan fingerprint density at radius 1 is 1.03 bits per heavy atom. The van der Waals surface area contributed by atoms with Crippen molar-refractivity contribution in [2.45, 2.75) is 19.5 Å². The summed E-state index contributed by atoms with van der Waals surface area (Å²) in [5.41, 5.74) is 3.30. The summed E-state index contributed by atoms with van der Waals surface area (Å²) in [7, 11) is 0. The predicted molar refractivity (Wildman–Crippen MR) is 120 cm³/mol. The molecule has 2 aromatic heterocycles. The Bertz CT molecular complexity index is 1270. The number of aromatic nitrogens is 3. The second-order valence-electron chi connectivity index (χ2n) is 7.64. The standard InChI is InChI=1S/C25H22N4O3/c1-2-32-24(31)21-22(18-11-8-14-26-15-18)29-20-13-7-6-12-19(20)27-25(29)28(23(21)30)16-17-9-4-3-5-10-17/h3-15,21-22H,2,16H2,1H3/t21-,22-/m0/s1. The lowest BCUT2D eigenvalue weighted by Gasteiger charge is -2.37. The van der Waals surface area contributed by atoms with Crippen molar-refractivity contribution >= 4 is 28.9 Å². The Kier molecular flexibility index (Phi) is 5.15. The smallest absolute Gasteiger partial charge is 0.321 e. The van der Waals surface area contributed by atoms with Crippen LogP contribution in [0, 0.1) is 5.92 Å². The minimum Gasteiger partial charge on any atom is -0.465 e. The highest BCUT2D eigenvalue weighted by atomic mass is 16.5. The number of imidazole rings is 1. The zero-order chi connectivity index (χ0) is 22.1. The van der Waals surface area contributed by atoms with Crippen LogP contribution in [0.5, 0.6) is 0 Å². The summed E-state index contributed by atoms with van der Waals surface area (Å²) < 4.78 is 7.34. The second kappa shape index (κ2) is 8.26. The van der Waals surface area contributed by atoms with E-state index in [9.17, 15) is 9.59 Å². The van der Waals surface area contributed by atoms with Crippen molar-refractivity contribution in [3.05, 3.63) is 90.3 Å². The van der Waals surface area contributed by atoms with Crippen molar-refractivity contribution in [3.63, 3.8) is 0 Å². The fraction of sp³-hybridized carbons (Fsp3) is 0.200. The molecule has 0 N–H and O–H groups in total. The van der Waals surface area contributed by atoms with Crippen LogP contribution in [0.3, 0.4) is 0 Å². The lowest BCUT2D eigenvalue weighted by Crippen LogP contribution is -2.49. The van der Waals surface area contributed by atoms with E-state index < -0.39 is 17.9 Å². The Labute approximate surface area is 185 Å². The molecule has 4 aromatic rings. The molecule has 32 heavy (non-hydrogen) atoms. The largest absolute Gasteiger partial charge is 0.465 e. The molecule has 0 spiro atoms. The van der Waals surface area contributed by atoms with Gasteiger partial charge in [0.1, 0.15) is 0 Å². The molecule has 7 heteroatoms. The third kappa shape index (κ3) is 3.32. The molecule has 0 bridgehead atoms. The molecule has 1 aliphatic heterocycles. The van der Waals surface area contributed by atoms with Crippen LogP contribution in [0.25, 0.3) is 11.0 Å². The zero-order valence-corrected chi connectivity index (χ0v) is 17.6. The summed E-state index contributed by atoms with van der Waals surface area (Å²) in [4.78, 5) is 37.6. The number of fused-ring (bicyclic) bond motifs is 3. The average Bonchev–Trinajstić information content (AvgIpc) is 3.21. The van der Waals surface area contributed by atoms with E-state index in [4.69, 9.17) is 9.72 Å². The number of pyridine rings is 1. The molecule has 5 rings (SSSR count). The van der Waals surface area contributed by atoms with Crippen molar-refractivity contribution in [3.8, 4) is 0 Å². The lowest BCUT2D eigenvalue weighted by molar-refractivity contribution is -0.153. The number of ether oxygens (including phenoxy) is 1. The first-order valence-corrected chi connectivity index (χ1v) is 10.6. The van der Waals surface area contributed by atoms with Gasteiger partial charge in [0, 0.05) is 12.4 Å². The number of para-hydroxylation sites is 2. The van der Waals surface area contributed by atoms with Crippen LogP contribution in [0.2, 0.25) is 0 Å². The van der Waals surface area contributed by atoms with Gasteiger partial charge in [0.2, 0.25) is 11.9 Å². The summed E-state index contributed by atoms with van der Waals surface area (Å²) in [5, 5.41) is 0. The number of hydrogen-bond donors (Lipinski definition) is 0. The number of anilines is 1. The maximum Gasteiger partial charge on any atom is 0.321 e. The maximum absolute atomic E-state index is 13.8. The van der Waals surface area contributed by atoms with E-state index in [1.165, 1.54) is 0 Å². The van der Waals surface area contributed by atoms with E-state index in [0.717, 1.165) is 22.2 Å². The second-order valence-corrected chi connectivity index (χ2v) is 7.64. The van der Waals surface area contributed by atoms with Gasteiger partial charge in [0.15, 0.2) is 5.92 Å². The van der Waals surface area contributed by atoms with Gasteiger partial charge in [-0.2, -0.15) is 0 Å². The minimum absolute atomic E-state index is 0.193. The van der Waals surface area contributed by atoms with Gasteiger partial charge >= 0.3 is 5.97 Å². The topological polar surface area (TPSA) is 77.3 Å². The van der Waals surface area contributed by atoms with Crippen molar-refractivity contribution in [2.24, 2.45) is 5.92 Å². The first-order valence-electron chi connectivity index (χ1n) is 10.6. The molecule has 0 radical (unpaired) electrons. The van der Waals surface area contributed by atoms with Crippen LogP contribution in [0.15, 0.2) is 79.1 Å². The van der Waals surface area contributed by atoms with E-state index in [1.807, 2.05) is 65.2 Å². The lowest BCUT2D eigenvalue weighted by atomic mass is 9.90. The van der Waals surface area contributed by atoms with Crippen LogP contribution in [-0.2, 0) is 20.9 Å². The van der Waals surface area contributed by atoms with Gasteiger partial charge in [-0.05, 0) is 36.2 Å². The van der Waals surface area contributed by atoms with E-state index in [1.54, 1.807) is 30.3 Å². The minimum atomic E-state index is -1.05. The number of esters is 1. The summed E-state index contributed by atoms with van der Waals surface area (Å²) in [6.45, 7) is 2.24. The van der Waals surface area contributed by atoms with Crippen LogP contribution in [0.1, 0.15) is 24.1 Å². The Hall–Kier alpha value is -4.00. The normalized spacial score (nSPS) is 17.9. The van der Waals surface area contributed by atoms with E-state index >= 15 is 0 Å². The highest BCUT2D eigenvalue weighted by Gasteiger charge is 2.47. The van der Waals surface area contributed by atoms with Crippen LogP contribution in [-0.4, -0.2) is 33.0 Å². The quantitative estimate of drug-likeness (QED) is 0.359.